The van der Waals surface area contributed by atoms with Gasteiger partial charge in [-0.25, -0.2) is 4.98 Å². The lowest BCUT2D eigenvalue weighted by atomic mass is 9.86. The van der Waals surface area contributed by atoms with Crippen molar-refractivity contribution >= 4 is 22.6 Å². The van der Waals surface area contributed by atoms with Crippen LogP contribution in [0.15, 0.2) is 18.5 Å². The molecule has 0 aliphatic rings. The lowest BCUT2D eigenvalue weighted by molar-refractivity contribution is 0.271. The number of nitrogens with zero attached hydrogens (tertiary/aromatic N) is 3. The van der Waals surface area contributed by atoms with Crippen molar-refractivity contribution in [2.45, 2.75) is 65.3 Å². The molecule has 0 bridgehead atoms. The van der Waals surface area contributed by atoms with Gasteiger partial charge in [-0.1, -0.05) is 40.0 Å². The van der Waals surface area contributed by atoms with Gasteiger partial charge in [-0.05, 0) is 24.8 Å². The maximum absolute atomic E-state index is 6.33. The highest BCUT2D eigenvalue weighted by Crippen LogP contribution is 2.31. The molecule has 2 rings (SSSR count). The van der Waals surface area contributed by atoms with Crippen LogP contribution in [0, 0.1) is 5.41 Å². The fourth-order valence-corrected chi connectivity index (χ4v) is 3.00. The Balaban J connectivity index is 2.29. The first-order chi connectivity index (χ1) is 9.94. The molecule has 0 spiro atoms. The Labute approximate surface area is 132 Å². The second kappa shape index (κ2) is 6.78. The molecule has 4 heteroatoms. The van der Waals surface area contributed by atoms with E-state index in [2.05, 4.69) is 35.3 Å². The van der Waals surface area contributed by atoms with Gasteiger partial charge in [0, 0.05) is 12.7 Å². The van der Waals surface area contributed by atoms with Gasteiger partial charge in [0.1, 0.15) is 11.3 Å². The number of aromatic nitrogens is 3. The van der Waals surface area contributed by atoms with Crippen molar-refractivity contribution in [1.29, 1.82) is 0 Å². The zero-order valence-electron chi connectivity index (χ0n) is 13.6. The molecule has 3 nitrogen and oxygen atoms in total. The van der Waals surface area contributed by atoms with Crippen molar-refractivity contribution in [3.05, 3.63) is 24.3 Å². The summed E-state index contributed by atoms with van der Waals surface area (Å²) in [5, 5.41) is -0.0937. The number of hydrogen-bond acceptors (Lipinski definition) is 2. The molecule has 0 aliphatic heterocycles. The minimum absolute atomic E-state index is 0.0937. The summed E-state index contributed by atoms with van der Waals surface area (Å²) in [6.07, 6.45) is 8.72. The van der Waals surface area contributed by atoms with E-state index in [1.165, 1.54) is 25.7 Å². The van der Waals surface area contributed by atoms with E-state index in [0.29, 0.717) is 0 Å². The summed E-state index contributed by atoms with van der Waals surface area (Å²) in [4.78, 5) is 8.83. The van der Waals surface area contributed by atoms with Crippen LogP contribution in [-0.4, -0.2) is 14.5 Å². The third kappa shape index (κ3) is 3.97. The van der Waals surface area contributed by atoms with E-state index < -0.39 is 0 Å². The molecule has 0 saturated heterocycles. The number of fused-ring (bicyclic) bond motifs is 1. The Morgan fingerprint density at radius 1 is 1.33 bits per heavy atom. The van der Waals surface area contributed by atoms with Crippen LogP contribution in [0.5, 0.6) is 0 Å². The van der Waals surface area contributed by atoms with E-state index in [1.54, 1.807) is 0 Å². The van der Waals surface area contributed by atoms with Gasteiger partial charge >= 0.3 is 0 Å². The van der Waals surface area contributed by atoms with Gasteiger partial charge < -0.3 is 4.57 Å². The topological polar surface area (TPSA) is 30.7 Å². The fourth-order valence-electron chi connectivity index (χ4n) is 2.83. The maximum atomic E-state index is 6.33. The van der Waals surface area contributed by atoms with Crippen LogP contribution >= 0.6 is 11.6 Å². The van der Waals surface area contributed by atoms with Gasteiger partial charge in [0.25, 0.3) is 0 Å². The number of unbranched alkanes of at least 4 members (excludes halogenated alkanes) is 2. The smallest absolute Gasteiger partial charge is 0.127 e. The molecule has 21 heavy (non-hydrogen) atoms. The molecule has 1 atom stereocenters. The SMILES string of the molecule is CCCCCC(C)(C)Cn1c(C(C)Cl)nc2cnccc21. The zero-order chi connectivity index (χ0) is 15.5. The summed E-state index contributed by atoms with van der Waals surface area (Å²) in [6.45, 7) is 9.84. The molecule has 2 aromatic rings. The molecule has 2 heterocycles. The molecule has 0 N–H and O–H groups in total. The quantitative estimate of drug-likeness (QED) is 0.511. The van der Waals surface area contributed by atoms with Crippen LogP contribution in [0.2, 0.25) is 0 Å². The van der Waals surface area contributed by atoms with Gasteiger partial charge in [-0.15, -0.1) is 11.6 Å². The van der Waals surface area contributed by atoms with Gasteiger partial charge in [0.05, 0.1) is 17.1 Å². The van der Waals surface area contributed by atoms with Crippen LogP contribution in [0.25, 0.3) is 11.0 Å². The highest BCUT2D eigenvalue weighted by atomic mass is 35.5. The second-order valence-corrected chi connectivity index (χ2v) is 7.31. The number of alkyl halides is 1. The molecular formula is C17H26ClN3. The van der Waals surface area contributed by atoms with Crippen molar-refractivity contribution in [3.63, 3.8) is 0 Å². The van der Waals surface area contributed by atoms with Crippen LogP contribution in [-0.2, 0) is 6.54 Å². The van der Waals surface area contributed by atoms with Crippen molar-refractivity contribution < 1.29 is 0 Å². The molecule has 0 aliphatic carbocycles. The highest BCUT2D eigenvalue weighted by Gasteiger charge is 2.23. The molecule has 2 aromatic heterocycles. The number of rotatable bonds is 7. The molecule has 116 valence electrons. The lowest BCUT2D eigenvalue weighted by Crippen LogP contribution is -2.21. The highest BCUT2D eigenvalue weighted by molar-refractivity contribution is 6.20. The third-order valence-corrected chi connectivity index (χ3v) is 4.17. The van der Waals surface area contributed by atoms with E-state index in [-0.39, 0.29) is 10.8 Å². The van der Waals surface area contributed by atoms with E-state index in [9.17, 15) is 0 Å². The van der Waals surface area contributed by atoms with Gasteiger partial charge in [-0.3, -0.25) is 4.98 Å². The number of hydrogen-bond donors (Lipinski definition) is 0. The van der Waals surface area contributed by atoms with E-state index in [1.807, 2.05) is 25.4 Å². The normalized spacial score (nSPS) is 13.8. The predicted octanol–water partition coefficient (Wildman–Crippen LogP) is 5.34. The Morgan fingerprint density at radius 2 is 2.10 bits per heavy atom. The van der Waals surface area contributed by atoms with Crippen molar-refractivity contribution in [2.75, 3.05) is 0 Å². The summed E-state index contributed by atoms with van der Waals surface area (Å²) >= 11 is 6.33. The number of pyridine rings is 1. The first-order valence-corrected chi connectivity index (χ1v) is 8.32. The average Bonchev–Trinajstić information content (AvgIpc) is 2.78. The van der Waals surface area contributed by atoms with Gasteiger partial charge in [-0.2, -0.15) is 0 Å². The number of imidazole rings is 1. The minimum atomic E-state index is -0.0937. The average molecular weight is 308 g/mol. The largest absolute Gasteiger partial charge is 0.326 e. The van der Waals surface area contributed by atoms with E-state index in [0.717, 1.165) is 23.4 Å². The predicted molar refractivity (Wildman–Crippen MR) is 89.7 cm³/mol. The number of halogens is 1. The van der Waals surface area contributed by atoms with Crippen molar-refractivity contribution in [3.8, 4) is 0 Å². The summed E-state index contributed by atoms with van der Waals surface area (Å²) in [5.74, 6) is 0.947. The van der Waals surface area contributed by atoms with Crippen LogP contribution in [0.4, 0.5) is 0 Å². The zero-order valence-corrected chi connectivity index (χ0v) is 14.3. The van der Waals surface area contributed by atoms with Gasteiger partial charge in [0.2, 0.25) is 0 Å². The second-order valence-electron chi connectivity index (χ2n) is 6.66. The van der Waals surface area contributed by atoms with Crippen molar-refractivity contribution in [1.82, 2.24) is 14.5 Å². The monoisotopic (exact) mass is 307 g/mol. The Bertz CT molecular complexity index is 587. The standard InChI is InChI=1S/C17H26ClN3/c1-5-6-7-9-17(3,4)12-21-15-8-10-19-11-14(15)20-16(21)13(2)18/h8,10-11,13H,5-7,9,12H2,1-4H3. The Hall–Kier alpha value is -1.09. The Kier molecular flexibility index (Phi) is 5.26. The summed E-state index contributed by atoms with van der Waals surface area (Å²) in [5.41, 5.74) is 2.31. The van der Waals surface area contributed by atoms with E-state index in [4.69, 9.17) is 11.6 Å². The van der Waals surface area contributed by atoms with Crippen LogP contribution < -0.4 is 0 Å². The van der Waals surface area contributed by atoms with E-state index >= 15 is 0 Å². The van der Waals surface area contributed by atoms with Crippen molar-refractivity contribution in [2.24, 2.45) is 5.41 Å². The summed E-state index contributed by atoms with van der Waals surface area (Å²) in [6, 6.07) is 2.03. The third-order valence-electron chi connectivity index (χ3n) is 3.98. The Morgan fingerprint density at radius 3 is 2.76 bits per heavy atom. The first kappa shape index (κ1) is 16.3. The molecule has 1 unspecified atom stereocenters. The molecule has 0 amide bonds. The molecular weight excluding hydrogens is 282 g/mol. The maximum Gasteiger partial charge on any atom is 0.127 e. The summed E-state index contributed by atoms with van der Waals surface area (Å²) < 4.78 is 2.28. The van der Waals surface area contributed by atoms with Crippen LogP contribution in [0.3, 0.4) is 0 Å². The first-order valence-electron chi connectivity index (χ1n) is 7.89. The van der Waals surface area contributed by atoms with Gasteiger partial charge in [0.15, 0.2) is 0 Å². The fraction of sp³-hybridized carbons (Fsp3) is 0.647. The van der Waals surface area contributed by atoms with Crippen LogP contribution in [0.1, 0.15) is 64.6 Å². The molecule has 0 fully saturated rings. The molecule has 0 radical (unpaired) electrons. The lowest BCUT2D eigenvalue weighted by Gasteiger charge is -2.27. The summed E-state index contributed by atoms with van der Waals surface area (Å²) in [7, 11) is 0. The minimum Gasteiger partial charge on any atom is -0.326 e. The molecule has 0 aromatic carbocycles. The molecule has 0 saturated carbocycles.